The van der Waals surface area contributed by atoms with Crippen molar-refractivity contribution >= 4 is 27.5 Å². The number of amides is 1. The molecular weight excluding hydrogens is 394 g/mol. The fourth-order valence-electron chi connectivity index (χ4n) is 2.28. The number of benzene rings is 3. The molecule has 5 heteroatoms. The van der Waals surface area contributed by atoms with Gasteiger partial charge < -0.3 is 14.8 Å². The summed E-state index contributed by atoms with van der Waals surface area (Å²) in [7, 11) is 0. The molecule has 0 aromatic heterocycles. The molecule has 0 aliphatic carbocycles. The fourth-order valence-corrected chi connectivity index (χ4v) is 2.66. The lowest BCUT2D eigenvalue weighted by Gasteiger charge is -2.13. The van der Waals surface area contributed by atoms with Gasteiger partial charge in [0.15, 0.2) is 12.4 Å². The van der Waals surface area contributed by atoms with E-state index in [2.05, 4.69) is 21.2 Å². The van der Waals surface area contributed by atoms with Crippen molar-refractivity contribution in [1.29, 1.82) is 0 Å². The van der Waals surface area contributed by atoms with Gasteiger partial charge in [-0.1, -0.05) is 51.8 Å². The summed E-state index contributed by atoms with van der Waals surface area (Å²) in [6.45, 7) is 1.93. The first-order chi connectivity index (χ1) is 12.6. The van der Waals surface area contributed by atoms with E-state index in [4.69, 9.17) is 9.47 Å². The second kappa shape index (κ2) is 8.54. The summed E-state index contributed by atoms with van der Waals surface area (Å²) in [5.41, 5.74) is 1.75. The standard InChI is InChI=1S/C21H18BrNO3/c1-15-9-11-17(12-10-15)26-20-8-3-2-7-19(20)23-21(24)14-25-18-6-4-5-16(22)13-18/h2-13H,14H2,1H3,(H,23,24). The van der Waals surface area contributed by atoms with Gasteiger partial charge >= 0.3 is 0 Å². The maximum Gasteiger partial charge on any atom is 0.262 e. The minimum atomic E-state index is -0.259. The van der Waals surface area contributed by atoms with Gasteiger partial charge in [0.05, 0.1) is 5.69 Å². The molecule has 0 aliphatic heterocycles. The highest BCUT2D eigenvalue weighted by Gasteiger charge is 2.09. The quantitative estimate of drug-likeness (QED) is 0.576. The van der Waals surface area contributed by atoms with E-state index in [-0.39, 0.29) is 12.5 Å². The summed E-state index contributed by atoms with van der Waals surface area (Å²) in [5.74, 6) is 1.65. The molecule has 0 radical (unpaired) electrons. The van der Waals surface area contributed by atoms with Crippen LogP contribution in [0.2, 0.25) is 0 Å². The number of carbonyl (C=O) groups is 1. The van der Waals surface area contributed by atoms with Gasteiger partial charge in [-0.15, -0.1) is 0 Å². The lowest BCUT2D eigenvalue weighted by atomic mass is 10.2. The van der Waals surface area contributed by atoms with Gasteiger partial charge in [0.25, 0.3) is 5.91 Å². The second-order valence-corrected chi connectivity index (χ2v) is 6.62. The van der Waals surface area contributed by atoms with Gasteiger partial charge in [0.1, 0.15) is 11.5 Å². The maximum atomic E-state index is 12.2. The molecule has 0 saturated carbocycles. The van der Waals surface area contributed by atoms with Crippen molar-refractivity contribution in [1.82, 2.24) is 0 Å². The van der Waals surface area contributed by atoms with Crippen molar-refractivity contribution in [3.8, 4) is 17.2 Å². The first kappa shape index (κ1) is 18.0. The molecule has 3 aromatic rings. The molecule has 1 N–H and O–H groups in total. The first-order valence-electron chi connectivity index (χ1n) is 8.12. The summed E-state index contributed by atoms with van der Waals surface area (Å²) < 4.78 is 12.3. The zero-order valence-corrected chi connectivity index (χ0v) is 15.8. The van der Waals surface area contributed by atoms with Crippen molar-refractivity contribution in [3.05, 3.63) is 82.8 Å². The predicted molar refractivity (Wildman–Crippen MR) is 106 cm³/mol. The Hall–Kier alpha value is -2.79. The van der Waals surface area contributed by atoms with Gasteiger partial charge in [-0.25, -0.2) is 0 Å². The average molecular weight is 412 g/mol. The molecule has 0 atom stereocenters. The van der Waals surface area contributed by atoms with Crippen molar-refractivity contribution in [3.63, 3.8) is 0 Å². The van der Waals surface area contributed by atoms with E-state index in [0.29, 0.717) is 22.9 Å². The summed E-state index contributed by atoms with van der Waals surface area (Å²) in [4.78, 5) is 12.2. The van der Waals surface area contributed by atoms with E-state index in [1.165, 1.54) is 0 Å². The van der Waals surface area contributed by atoms with Crippen LogP contribution in [0.3, 0.4) is 0 Å². The zero-order valence-electron chi connectivity index (χ0n) is 14.2. The number of nitrogens with one attached hydrogen (secondary N) is 1. The highest BCUT2D eigenvalue weighted by Crippen LogP contribution is 2.29. The third-order valence-electron chi connectivity index (χ3n) is 3.58. The van der Waals surface area contributed by atoms with E-state index >= 15 is 0 Å². The van der Waals surface area contributed by atoms with Crippen molar-refractivity contribution in [2.75, 3.05) is 11.9 Å². The van der Waals surface area contributed by atoms with Crippen LogP contribution in [0, 0.1) is 6.92 Å². The Kier molecular flexibility index (Phi) is 5.92. The molecule has 0 unspecified atom stereocenters. The Balaban J connectivity index is 1.63. The molecule has 0 fully saturated rings. The van der Waals surface area contributed by atoms with Crippen LogP contribution in [-0.2, 0) is 4.79 Å². The Bertz CT molecular complexity index is 894. The number of hydrogen-bond donors (Lipinski definition) is 1. The normalized spacial score (nSPS) is 10.2. The van der Waals surface area contributed by atoms with Crippen LogP contribution in [0.25, 0.3) is 0 Å². The molecule has 3 aromatic carbocycles. The van der Waals surface area contributed by atoms with E-state index in [1.807, 2.05) is 67.6 Å². The SMILES string of the molecule is Cc1ccc(Oc2ccccc2NC(=O)COc2cccc(Br)c2)cc1. The third kappa shape index (κ3) is 5.10. The molecule has 26 heavy (non-hydrogen) atoms. The number of hydrogen-bond acceptors (Lipinski definition) is 3. The van der Waals surface area contributed by atoms with Gasteiger partial charge in [-0.2, -0.15) is 0 Å². The minimum absolute atomic E-state index is 0.0880. The third-order valence-corrected chi connectivity index (χ3v) is 4.07. The van der Waals surface area contributed by atoms with Gasteiger partial charge in [0, 0.05) is 4.47 Å². The smallest absolute Gasteiger partial charge is 0.262 e. The van der Waals surface area contributed by atoms with E-state index in [9.17, 15) is 4.79 Å². The zero-order chi connectivity index (χ0) is 18.4. The van der Waals surface area contributed by atoms with E-state index in [0.717, 1.165) is 10.0 Å². The molecule has 0 bridgehead atoms. The minimum Gasteiger partial charge on any atom is -0.484 e. The molecule has 0 spiro atoms. The van der Waals surface area contributed by atoms with Gasteiger partial charge in [-0.3, -0.25) is 4.79 Å². The molecule has 4 nitrogen and oxygen atoms in total. The van der Waals surface area contributed by atoms with Crippen LogP contribution >= 0.6 is 15.9 Å². The Morgan fingerprint density at radius 1 is 0.962 bits per heavy atom. The van der Waals surface area contributed by atoms with Crippen molar-refractivity contribution in [2.24, 2.45) is 0 Å². The first-order valence-corrected chi connectivity index (χ1v) is 8.91. The summed E-state index contributed by atoms with van der Waals surface area (Å²) in [6.07, 6.45) is 0. The van der Waals surface area contributed by atoms with Crippen LogP contribution in [0.5, 0.6) is 17.2 Å². The molecule has 1 amide bonds. The number of rotatable bonds is 6. The molecule has 3 rings (SSSR count). The number of carbonyl (C=O) groups excluding carboxylic acids is 1. The van der Waals surface area contributed by atoms with Gasteiger partial charge in [0.2, 0.25) is 0 Å². The van der Waals surface area contributed by atoms with E-state index < -0.39 is 0 Å². The lowest BCUT2D eigenvalue weighted by molar-refractivity contribution is -0.118. The largest absolute Gasteiger partial charge is 0.484 e. The van der Waals surface area contributed by atoms with Crippen LogP contribution < -0.4 is 14.8 Å². The fraction of sp³-hybridized carbons (Fsp3) is 0.0952. The number of anilines is 1. The van der Waals surface area contributed by atoms with Crippen LogP contribution in [0.1, 0.15) is 5.56 Å². The molecule has 0 aliphatic rings. The van der Waals surface area contributed by atoms with Crippen LogP contribution in [0.15, 0.2) is 77.3 Å². The van der Waals surface area contributed by atoms with Gasteiger partial charge in [-0.05, 0) is 49.4 Å². The van der Waals surface area contributed by atoms with Crippen molar-refractivity contribution < 1.29 is 14.3 Å². The molecule has 132 valence electrons. The molecule has 0 saturated heterocycles. The van der Waals surface area contributed by atoms with Crippen LogP contribution in [-0.4, -0.2) is 12.5 Å². The summed E-state index contributed by atoms with van der Waals surface area (Å²) in [5, 5.41) is 2.83. The maximum absolute atomic E-state index is 12.2. The predicted octanol–water partition coefficient (Wildman–Crippen LogP) is 5.57. The number of ether oxygens (including phenoxy) is 2. The lowest BCUT2D eigenvalue weighted by Crippen LogP contribution is -2.20. The Morgan fingerprint density at radius 2 is 1.73 bits per heavy atom. The Labute approximate surface area is 160 Å². The molecule has 0 heterocycles. The average Bonchev–Trinajstić information content (AvgIpc) is 2.64. The summed E-state index contributed by atoms with van der Waals surface area (Å²) in [6, 6.07) is 22.4. The van der Waals surface area contributed by atoms with Crippen LogP contribution in [0.4, 0.5) is 5.69 Å². The highest BCUT2D eigenvalue weighted by atomic mass is 79.9. The number of aryl methyl sites for hydroxylation is 1. The monoisotopic (exact) mass is 411 g/mol. The second-order valence-electron chi connectivity index (χ2n) is 5.71. The van der Waals surface area contributed by atoms with E-state index in [1.54, 1.807) is 12.1 Å². The topological polar surface area (TPSA) is 47.6 Å². The number of halogens is 1. The number of para-hydroxylation sites is 2. The summed E-state index contributed by atoms with van der Waals surface area (Å²) >= 11 is 3.37. The highest BCUT2D eigenvalue weighted by molar-refractivity contribution is 9.10. The Morgan fingerprint density at radius 3 is 2.50 bits per heavy atom. The van der Waals surface area contributed by atoms with Crippen molar-refractivity contribution in [2.45, 2.75) is 6.92 Å². The molecular formula is C21H18BrNO3.